The van der Waals surface area contributed by atoms with Crippen molar-refractivity contribution in [1.82, 2.24) is 4.72 Å². The summed E-state index contributed by atoms with van der Waals surface area (Å²) in [5, 5.41) is 8.83. The number of hydrogen-bond acceptors (Lipinski definition) is 4. The summed E-state index contributed by atoms with van der Waals surface area (Å²) in [4.78, 5) is 13.5. The summed E-state index contributed by atoms with van der Waals surface area (Å²) in [6, 6.07) is 15.2. The average Bonchev–Trinajstić information content (AvgIpc) is 2.58. The first-order chi connectivity index (χ1) is 11.8. The summed E-state index contributed by atoms with van der Waals surface area (Å²) in [5.41, 5.74) is 1.96. The number of nitrogens with zero attached hydrogens (tertiary/aromatic N) is 2. The number of benzene rings is 2. The van der Waals surface area contributed by atoms with E-state index in [4.69, 9.17) is 5.26 Å². The van der Waals surface area contributed by atoms with Crippen LogP contribution in [0.2, 0.25) is 0 Å². The van der Waals surface area contributed by atoms with Crippen LogP contribution in [0.5, 0.6) is 0 Å². The predicted molar refractivity (Wildman–Crippen MR) is 95.6 cm³/mol. The molecule has 2 aromatic carbocycles. The van der Waals surface area contributed by atoms with E-state index in [1.165, 1.54) is 17.9 Å². The van der Waals surface area contributed by atoms with E-state index in [-0.39, 0.29) is 23.9 Å². The number of hydrogen-bond donors (Lipinski definition) is 1. The van der Waals surface area contributed by atoms with Crippen molar-refractivity contribution in [3.05, 3.63) is 59.7 Å². The second kappa shape index (κ2) is 7.92. The van der Waals surface area contributed by atoms with Crippen LogP contribution < -0.4 is 9.62 Å². The normalized spacial score (nSPS) is 10.9. The largest absolute Gasteiger partial charge is 0.311 e. The molecule has 0 aliphatic rings. The summed E-state index contributed by atoms with van der Waals surface area (Å²) in [7, 11) is -3.63. The molecule has 0 saturated heterocycles. The molecular weight excluding hydrogens is 338 g/mol. The van der Waals surface area contributed by atoms with E-state index in [0.29, 0.717) is 11.3 Å². The highest BCUT2D eigenvalue weighted by atomic mass is 32.2. The molecule has 1 amide bonds. The van der Waals surface area contributed by atoms with Crippen molar-refractivity contribution in [2.75, 3.05) is 18.0 Å². The zero-order valence-corrected chi connectivity index (χ0v) is 14.9. The minimum Gasteiger partial charge on any atom is -0.311 e. The van der Waals surface area contributed by atoms with Gasteiger partial charge in [-0.3, -0.25) is 4.79 Å². The second-order valence-electron chi connectivity index (χ2n) is 5.54. The van der Waals surface area contributed by atoms with Crippen LogP contribution in [0.25, 0.3) is 0 Å². The lowest BCUT2D eigenvalue weighted by Gasteiger charge is -2.21. The van der Waals surface area contributed by atoms with Crippen LogP contribution in [-0.2, 0) is 14.8 Å². The van der Waals surface area contributed by atoms with Gasteiger partial charge in [-0.05, 0) is 48.9 Å². The third kappa shape index (κ3) is 4.89. The number of nitrogens with one attached hydrogen (secondary N) is 1. The summed E-state index contributed by atoms with van der Waals surface area (Å²) in [6.07, 6.45) is 0. The summed E-state index contributed by atoms with van der Waals surface area (Å²) < 4.78 is 27.1. The number of carbonyl (C=O) groups excluding carboxylic acids is 1. The SMILES string of the molecule is CC(=O)N(CCNS(=O)(=O)c1cccc(C)c1)c1ccc(C#N)cc1. The van der Waals surface area contributed by atoms with Crippen molar-refractivity contribution >= 4 is 21.6 Å². The third-order valence-corrected chi connectivity index (χ3v) is 5.07. The van der Waals surface area contributed by atoms with Gasteiger partial charge in [0.2, 0.25) is 15.9 Å². The Kier molecular flexibility index (Phi) is 5.91. The van der Waals surface area contributed by atoms with Crippen LogP contribution in [0.1, 0.15) is 18.1 Å². The summed E-state index contributed by atoms with van der Waals surface area (Å²) >= 11 is 0. The van der Waals surface area contributed by atoms with Gasteiger partial charge in [0.25, 0.3) is 0 Å². The smallest absolute Gasteiger partial charge is 0.240 e. The van der Waals surface area contributed by atoms with Gasteiger partial charge in [-0.25, -0.2) is 13.1 Å². The molecule has 2 rings (SSSR count). The second-order valence-corrected chi connectivity index (χ2v) is 7.31. The van der Waals surface area contributed by atoms with Crippen molar-refractivity contribution < 1.29 is 13.2 Å². The van der Waals surface area contributed by atoms with E-state index < -0.39 is 10.0 Å². The molecule has 0 heterocycles. The Morgan fingerprint density at radius 3 is 2.44 bits per heavy atom. The molecule has 0 saturated carbocycles. The van der Waals surface area contributed by atoms with E-state index in [9.17, 15) is 13.2 Å². The molecule has 6 nitrogen and oxygen atoms in total. The Morgan fingerprint density at radius 1 is 1.20 bits per heavy atom. The van der Waals surface area contributed by atoms with E-state index in [2.05, 4.69) is 4.72 Å². The van der Waals surface area contributed by atoms with Crippen molar-refractivity contribution in [3.63, 3.8) is 0 Å². The maximum Gasteiger partial charge on any atom is 0.240 e. The molecule has 25 heavy (non-hydrogen) atoms. The van der Waals surface area contributed by atoms with Gasteiger partial charge in [0.1, 0.15) is 0 Å². The fourth-order valence-electron chi connectivity index (χ4n) is 2.34. The van der Waals surface area contributed by atoms with Gasteiger partial charge in [0, 0.05) is 25.7 Å². The lowest BCUT2D eigenvalue weighted by molar-refractivity contribution is -0.116. The lowest BCUT2D eigenvalue weighted by Crippen LogP contribution is -2.37. The summed E-state index contributed by atoms with van der Waals surface area (Å²) in [5.74, 6) is -0.209. The molecule has 7 heteroatoms. The van der Waals surface area contributed by atoms with Crippen LogP contribution in [0.3, 0.4) is 0 Å². The van der Waals surface area contributed by atoms with E-state index >= 15 is 0 Å². The van der Waals surface area contributed by atoms with Gasteiger partial charge in [-0.2, -0.15) is 5.26 Å². The van der Waals surface area contributed by atoms with Crippen molar-refractivity contribution in [1.29, 1.82) is 5.26 Å². The maximum absolute atomic E-state index is 12.3. The van der Waals surface area contributed by atoms with E-state index in [0.717, 1.165) is 5.56 Å². The monoisotopic (exact) mass is 357 g/mol. The first-order valence-corrected chi connectivity index (χ1v) is 9.16. The maximum atomic E-state index is 12.3. The fourth-order valence-corrected chi connectivity index (χ4v) is 3.47. The van der Waals surface area contributed by atoms with Gasteiger partial charge in [-0.1, -0.05) is 12.1 Å². The Hall–Kier alpha value is -2.69. The molecular formula is C18H19N3O3S. The minimum atomic E-state index is -3.63. The third-order valence-electron chi connectivity index (χ3n) is 3.62. The standard InChI is InChI=1S/C18H19N3O3S/c1-14-4-3-5-18(12-14)25(23,24)20-10-11-21(15(2)22)17-8-6-16(13-19)7-9-17/h3-9,12,20H,10-11H2,1-2H3. The van der Waals surface area contributed by atoms with Gasteiger partial charge in [0.05, 0.1) is 16.5 Å². The Morgan fingerprint density at radius 2 is 1.88 bits per heavy atom. The number of amides is 1. The number of rotatable bonds is 6. The average molecular weight is 357 g/mol. The highest BCUT2D eigenvalue weighted by Gasteiger charge is 2.16. The highest BCUT2D eigenvalue weighted by Crippen LogP contribution is 2.15. The summed E-state index contributed by atoms with van der Waals surface area (Å²) in [6.45, 7) is 3.50. The number of nitriles is 1. The van der Waals surface area contributed by atoms with E-state index in [1.807, 2.05) is 19.1 Å². The number of aryl methyl sites for hydroxylation is 1. The Labute approximate surface area is 147 Å². The Balaban J connectivity index is 2.06. The quantitative estimate of drug-likeness (QED) is 0.858. The van der Waals surface area contributed by atoms with Crippen LogP contribution in [0.4, 0.5) is 5.69 Å². The molecule has 0 aromatic heterocycles. The van der Waals surface area contributed by atoms with Crippen LogP contribution >= 0.6 is 0 Å². The first-order valence-electron chi connectivity index (χ1n) is 7.68. The first kappa shape index (κ1) is 18.6. The molecule has 0 aliphatic heterocycles. The zero-order valence-electron chi connectivity index (χ0n) is 14.1. The lowest BCUT2D eigenvalue weighted by atomic mass is 10.2. The minimum absolute atomic E-state index is 0.0792. The molecule has 2 aromatic rings. The predicted octanol–water partition coefficient (Wildman–Crippen LogP) is 2.20. The van der Waals surface area contributed by atoms with Crippen LogP contribution in [-0.4, -0.2) is 27.4 Å². The van der Waals surface area contributed by atoms with Crippen molar-refractivity contribution in [3.8, 4) is 6.07 Å². The van der Waals surface area contributed by atoms with Crippen molar-refractivity contribution in [2.45, 2.75) is 18.7 Å². The van der Waals surface area contributed by atoms with Gasteiger partial charge in [-0.15, -0.1) is 0 Å². The van der Waals surface area contributed by atoms with Gasteiger partial charge >= 0.3 is 0 Å². The molecule has 0 bridgehead atoms. The fraction of sp³-hybridized carbons (Fsp3) is 0.222. The molecule has 0 fully saturated rings. The molecule has 0 spiro atoms. The molecule has 0 atom stereocenters. The molecule has 0 radical (unpaired) electrons. The highest BCUT2D eigenvalue weighted by molar-refractivity contribution is 7.89. The van der Waals surface area contributed by atoms with Crippen molar-refractivity contribution in [2.24, 2.45) is 0 Å². The molecule has 130 valence electrons. The molecule has 0 unspecified atom stereocenters. The van der Waals surface area contributed by atoms with E-state index in [1.54, 1.807) is 36.4 Å². The topological polar surface area (TPSA) is 90.3 Å². The number of anilines is 1. The van der Waals surface area contributed by atoms with Crippen LogP contribution in [0, 0.1) is 18.3 Å². The van der Waals surface area contributed by atoms with Gasteiger partial charge < -0.3 is 4.90 Å². The van der Waals surface area contributed by atoms with Gasteiger partial charge in [0.15, 0.2) is 0 Å². The molecule has 0 aliphatic carbocycles. The zero-order chi connectivity index (χ0) is 18.4. The number of carbonyl (C=O) groups is 1. The molecule has 1 N–H and O–H groups in total. The Bertz CT molecular complexity index is 900. The number of sulfonamides is 1. The van der Waals surface area contributed by atoms with Crippen LogP contribution in [0.15, 0.2) is 53.4 Å².